The molecule has 33 heavy (non-hydrogen) atoms. The van der Waals surface area contributed by atoms with Crippen molar-refractivity contribution in [2.45, 2.75) is 58.0 Å². The molecule has 2 fully saturated rings. The van der Waals surface area contributed by atoms with Crippen LogP contribution < -0.4 is 4.90 Å². The zero-order chi connectivity index (χ0) is 24.3. The number of anilines is 1. The number of esters is 2. The molecule has 1 N–H and O–H groups in total. The Morgan fingerprint density at radius 3 is 2.55 bits per heavy atom. The zero-order valence-corrected chi connectivity index (χ0v) is 19.3. The van der Waals surface area contributed by atoms with Crippen molar-refractivity contribution in [3.63, 3.8) is 0 Å². The molecule has 2 heterocycles. The van der Waals surface area contributed by atoms with E-state index in [1.807, 2.05) is 0 Å². The van der Waals surface area contributed by atoms with Crippen LogP contribution in [0.1, 0.15) is 44.5 Å². The first kappa shape index (κ1) is 24.7. The highest BCUT2D eigenvalue weighted by Crippen LogP contribution is 2.25. The highest BCUT2D eigenvalue weighted by Gasteiger charge is 2.44. The molecule has 1 aromatic carbocycles. The van der Waals surface area contributed by atoms with Crippen LogP contribution >= 0.6 is 0 Å². The van der Waals surface area contributed by atoms with Crippen molar-refractivity contribution in [1.29, 1.82) is 0 Å². The largest absolute Gasteiger partial charge is 0.457 e. The van der Waals surface area contributed by atoms with Gasteiger partial charge in [0.25, 0.3) is 11.8 Å². The van der Waals surface area contributed by atoms with E-state index in [9.17, 15) is 24.3 Å². The number of aliphatic hydroxyl groups is 1. The molecular weight excluding hydrogens is 432 g/mol. The standard InChI is InChI=1S/C23H30N2O8/c1-14(26)32-19(22(30)33-23(2,3)4)18-21(29)25(10-11-31-18)16-7-5-6-15(12-16)20(28)24-9-8-17(27)13-24/h5-7,12,17-19,27H,8-11,13H2,1-4H3/t17-,18-,19-/m1/s1. The summed E-state index contributed by atoms with van der Waals surface area (Å²) in [7, 11) is 0. The molecule has 2 aliphatic rings. The second-order valence-electron chi connectivity index (χ2n) is 9.09. The molecule has 1 aromatic rings. The topological polar surface area (TPSA) is 123 Å². The summed E-state index contributed by atoms with van der Waals surface area (Å²) in [6.45, 7) is 7.12. The Labute approximate surface area is 192 Å². The summed E-state index contributed by atoms with van der Waals surface area (Å²) in [5.41, 5.74) is -0.0316. The number of rotatable bonds is 5. The number of amides is 2. The summed E-state index contributed by atoms with van der Waals surface area (Å²) in [5, 5.41) is 9.71. The van der Waals surface area contributed by atoms with Crippen molar-refractivity contribution in [2.75, 3.05) is 31.1 Å². The van der Waals surface area contributed by atoms with Crippen LogP contribution in [0, 0.1) is 0 Å². The lowest BCUT2D eigenvalue weighted by molar-refractivity contribution is -0.188. The number of carbonyl (C=O) groups excluding carboxylic acids is 4. The fraction of sp³-hybridized carbons (Fsp3) is 0.565. The number of aliphatic hydroxyl groups excluding tert-OH is 1. The van der Waals surface area contributed by atoms with Crippen molar-refractivity contribution in [2.24, 2.45) is 0 Å². The van der Waals surface area contributed by atoms with Crippen molar-refractivity contribution in [3.8, 4) is 0 Å². The summed E-state index contributed by atoms with van der Waals surface area (Å²) in [5.74, 6) is -2.45. The molecule has 0 aliphatic carbocycles. The molecule has 3 atom stereocenters. The number of morpholine rings is 1. The number of likely N-dealkylation sites (tertiary alicyclic amines) is 1. The summed E-state index contributed by atoms with van der Waals surface area (Å²) in [6.07, 6.45) is -2.96. The van der Waals surface area contributed by atoms with Gasteiger partial charge in [0.2, 0.25) is 6.10 Å². The third kappa shape index (κ3) is 6.08. The predicted molar refractivity (Wildman–Crippen MR) is 116 cm³/mol. The lowest BCUT2D eigenvalue weighted by atomic mass is 10.1. The minimum atomic E-state index is -1.56. The highest BCUT2D eigenvalue weighted by molar-refractivity contribution is 6.02. The fourth-order valence-corrected chi connectivity index (χ4v) is 3.77. The van der Waals surface area contributed by atoms with Crippen LogP contribution in [0.5, 0.6) is 0 Å². The first-order valence-corrected chi connectivity index (χ1v) is 10.9. The Balaban J connectivity index is 1.82. The Morgan fingerprint density at radius 2 is 1.94 bits per heavy atom. The minimum absolute atomic E-state index is 0.0907. The molecule has 0 saturated carbocycles. The first-order valence-electron chi connectivity index (χ1n) is 10.9. The van der Waals surface area contributed by atoms with E-state index >= 15 is 0 Å². The zero-order valence-electron chi connectivity index (χ0n) is 19.3. The minimum Gasteiger partial charge on any atom is -0.457 e. The number of β-amino-alcohol motifs (C(OH)–C–C–N with tert-alkyl or cyclic N) is 1. The van der Waals surface area contributed by atoms with Gasteiger partial charge in [-0.15, -0.1) is 0 Å². The maximum Gasteiger partial charge on any atom is 0.351 e. The van der Waals surface area contributed by atoms with Gasteiger partial charge in [-0.3, -0.25) is 14.4 Å². The van der Waals surface area contributed by atoms with Gasteiger partial charge in [0.05, 0.1) is 12.7 Å². The number of nitrogens with zero attached hydrogens (tertiary/aromatic N) is 2. The molecule has 0 aromatic heterocycles. The normalized spacial score (nSPS) is 22.2. The average molecular weight is 462 g/mol. The highest BCUT2D eigenvalue weighted by atomic mass is 16.6. The maximum atomic E-state index is 13.3. The van der Waals surface area contributed by atoms with Gasteiger partial charge < -0.3 is 29.1 Å². The fourth-order valence-electron chi connectivity index (χ4n) is 3.77. The van der Waals surface area contributed by atoms with Crippen molar-refractivity contribution in [3.05, 3.63) is 29.8 Å². The molecule has 2 saturated heterocycles. The van der Waals surface area contributed by atoms with Gasteiger partial charge in [-0.1, -0.05) is 6.07 Å². The number of hydrogen-bond acceptors (Lipinski definition) is 8. The van der Waals surface area contributed by atoms with Crippen LogP contribution in [0.4, 0.5) is 5.69 Å². The van der Waals surface area contributed by atoms with E-state index in [1.165, 1.54) is 4.90 Å². The monoisotopic (exact) mass is 462 g/mol. The molecule has 10 nitrogen and oxygen atoms in total. The Bertz CT molecular complexity index is 925. The third-order valence-corrected chi connectivity index (χ3v) is 5.18. The number of ether oxygens (including phenoxy) is 3. The van der Waals surface area contributed by atoms with Crippen LogP contribution in [-0.4, -0.2) is 83.9 Å². The molecule has 0 unspecified atom stereocenters. The summed E-state index contributed by atoms with van der Waals surface area (Å²) in [4.78, 5) is 53.3. The van der Waals surface area contributed by atoms with E-state index in [4.69, 9.17) is 14.2 Å². The third-order valence-electron chi connectivity index (χ3n) is 5.18. The van der Waals surface area contributed by atoms with Crippen LogP contribution in [0.3, 0.4) is 0 Å². The van der Waals surface area contributed by atoms with Crippen LogP contribution in [0.2, 0.25) is 0 Å². The predicted octanol–water partition coefficient (Wildman–Crippen LogP) is 0.899. The van der Waals surface area contributed by atoms with Gasteiger partial charge in [-0.2, -0.15) is 0 Å². The second kappa shape index (κ2) is 9.88. The lowest BCUT2D eigenvalue weighted by Gasteiger charge is -2.35. The van der Waals surface area contributed by atoms with Gasteiger partial charge in [0.15, 0.2) is 6.10 Å². The molecular formula is C23H30N2O8. The number of carbonyl (C=O) groups is 4. The molecule has 0 spiro atoms. The van der Waals surface area contributed by atoms with Gasteiger partial charge in [0, 0.05) is 37.8 Å². The quantitative estimate of drug-likeness (QED) is 0.641. The van der Waals surface area contributed by atoms with Crippen molar-refractivity contribution >= 4 is 29.4 Å². The Kier molecular flexibility index (Phi) is 7.38. The van der Waals surface area contributed by atoms with Crippen molar-refractivity contribution in [1.82, 2.24) is 4.90 Å². The number of benzene rings is 1. The van der Waals surface area contributed by atoms with Gasteiger partial charge in [-0.05, 0) is 45.4 Å². The average Bonchev–Trinajstić information content (AvgIpc) is 3.17. The molecule has 0 radical (unpaired) electrons. The summed E-state index contributed by atoms with van der Waals surface area (Å²) >= 11 is 0. The molecule has 2 amide bonds. The molecule has 180 valence electrons. The van der Waals surface area contributed by atoms with E-state index in [0.717, 1.165) is 6.92 Å². The smallest absolute Gasteiger partial charge is 0.351 e. The van der Waals surface area contributed by atoms with Crippen LogP contribution in [-0.2, 0) is 28.6 Å². The molecule has 2 aliphatic heterocycles. The maximum absolute atomic E-state index is 13.3. The summed E-state index contributed by atoms with van der Waals surface area (Å²) < 4.78 is 16.0. The van der Waals surface area contributed by atoms with E-state index < -0.39 is 41.8 Å². The van der Waals surface area contributed by atoms with E-state index in [0.29, 0.717) is 24.2 Å². The van der Waals surface area contributed by atoms with E-state index in [-0.39, 0.29) is 25.6 Å². The van der Waals surface area contributed by atoms with Crippen LogP contribution in [0.25, 0.3) is 0 Å². The van der Waals surface area contributed by atoms with Gasteiger partial charge in [-0.25, -0.2) is 4.79 Å². The SMILES string of the molecule is CC(=O)O[C@@H](C(=O)OC(C)(C)C)[C@H]1OCCN(c2cccc(C(=O)N3CC[C@@H](O)C3)c2)C1=O. The van der Waals surface area contributed by atoms with Gasteiger partial charge >= 0.3 is 11.9 Å². The molecule has 3 rings (SSSR count). The number of hydrogen-bond donors (Lipinski definition) is 1. The van der Waals surface area contributed by atoms with E-state index in [1.54, 1.807) is 49.9 Å². The summed E-state index contributed by atoms with van der Waals surface area (Å²) in [6, 6.07) is 6.55. The van der Waals surface area contributed by atoms with E-state index in [2.05, 4.69) is 0 Å². The van der Waals surface area contributed by atoms with Crippen LogP contribution in [0.15, 0.2) is 24.3 Å². The first-order chi connectivity index (χ1) is 15.5. The molecule has 0 bridgehead atoms. The Hall–Kier alpha value is -2.98. The second-order valence-corrected chi connectivity index (χ2v) is 9.09. The van der Waals surface area contributed by atoms with Crippen molar-refractivity contribution < 1.29 is 38.5 Å². The van der Waals surface area contributed by atoms with Gasteiger partial charge in [0.1, 0.15) is 5.60 Å². The Morgan fingerprint density at radius 1 is 1.21 bits per heavy atom. The molecule has 10 heteroatoms. The lowest BCUT2D eigenvalue weighted by Crippen LogP contribution is -2.56.